The quantitative estimate of drug-likeness (QED) is 0.712. The van der Waals surface area contributed by atoms with E-state index in [2.05, 4.69) is 10.3 Å². The third-order valence-electron chi connectivity index (χ3n) is 3.35. The van der Waals surface area contributed by atoms with Gasteiger partial charge in [0.1, 0.15) is 0 Å². The minimum absolute atomic E-state index is 0.454. The molecule has 2 N–H and O–H groups in total. The molecule has 0 aliphatic carbocycles. The van der Waals surface area contributed by atoms with E-state index in [9.17, 15) is 13.2 Å². The molecule has 0 atom stereocenters. The number of aromatic amines is 1. The van der Waals surface area contributed by atoms with Crippen molar-refractivity contribution in [1.82, 2.24) is 4.98 Å². The monoisotopic (exact) mass is 290 g/mol. The molecule has 0 unspecified atom stereocenters. The molecule has 0 amide bonds. The van der Waals surface area contributed by atoms with E-state index in [1.165, 1.54) is 6.07 Å². The van der Waals surface area contributed by atoms with Crippen LogP contribution in [0.1, 0.15) is 11.1 Å². The van der Waals surface area contributed by atoms with Crippen molar-refractivity contribution in [3.8, 4) is 0 Å². The zero-order chi connectivity index (χ0) is 14.9. The van der Waals surface area contributed by atoms with Crippen LogP contribution < -0.4 is 5.32 Å². The Morgan fingerprint density at radius 3 is 2.62 bits per heavy atom. The fourth-order valence-electron chi connectivity index (χ4n) is 2.28. The van der Waals surface area contributed by atoms with Crippen molar-refractivity contribution in [2.45, 2.75) is 12.7 Å². The summed E-state index contributed by atoms with van der Waals surface area (Å²) in [6, 6.07) is 13.0. The van der Waals surface area contributed by atoms with Crippen LogP contribution in [0.15, 0.2) is 54.7 Å². The zero-order valence-corrected chi connectivity index (χ0v) is 11.0. The molecule has 2 aromatic carbocycles. The van der Waals surface area contributed by atoms with Gasteiger partial charge in [0.2, 0.25) is 0 Å². The maximum atomic E-state index is 12.7. The van der Waals surface area contributed by atoms with E-state index in [0.29, 0.717) is 12.2 Å². The summed E-state index contributed by atoms with van der Waals surface area (Å²) in [6.07, 6.45) is -2.45. The smallest absolute Gasteiger partial charge is 0.381 e. The summed E-state index contributed by atoms with van der Waals surface area (Å²) in [7, 11) is 0. The number of para-hydroxylation sites is 1. The molecule has 5 heteroatoms. The normalized spacial score (nSPS) is 11.8. The van der Waals surface area contributed by atoms with Gasteiger partial charge in [-0.05, 0) is 29.8 Å². The summed E-state index contributed by atoms with van der Waals surface area (Å²) in [5, 5.41) is 4.10. The zero-order valence-electron chi connectivity index (χ0n) is 11.0. The predicted octanol–water partition coefficient (Wildman–Crippen LogP) is 4.80. The molecule has 1 aromatic heterocycles. The molecule has 3 aromatic rings. The lowest BCUT2D eigenvalue weighted by molar-refractivity contribution is -0.137. The fourth-order valence-corrected chi connectivity index (χ4v) is 2.28. The Hall–Kier alpha value is -2.43. The van der Waals surface area contributed by atoms with Crippen molar-refractivity contribution in [3.05, 3.63) is 65.9 Å². The van der Waals surface area contributed by atoms with Crippen LogP contribution in [0.2, 0.25) is 0 Å². The number of benzene rings is 2. The van der Waals surface area contributed by atoms with E-state index >= 15 is 0 Å². The molecular formula is C16H13F3N2. The number of aromatic nitrogens is 1. The highest BCUT2D eigenvalue weighted by Crippen LogP contribution is 2.30. The Morgan fingerprint density at radius 1 is 1.00 bits per heavy atom. The summed E-state index contributed by atoms with van der Waals surface area (Å²) in [6.45, 7) is 0.464. The van der Waals surface area contributed by atoms with Crippen molar-refractivity contribution in [2.24, 2.45) is 0 Å². The van der Waals surface area contributed by atoms with Crippen molar-refractivity contribution in [3.63, 3.8) is 0 Å². The Kier molecular flexibility index (Phi) is 3.33. The average Bonchev–Trinajstić information content (AvgIpc) is 2.88. The number of hydrogen-bond acceptors (Lipinski definition) is 1. The number of H-pyrrole nitrogens is 1. The van der Waals surface area contributed by atoms with Crippen LogP contribution in [0.3, 0.4) is 0 Å². The summed E-state index contributed by atoms with van der Waals surface area (Å²) < 4.78 is 38.0. The summed E-state index contributed by atoms with van der Waals surface area (Å²) in [4.78, 5) is 3.14. The largest absolute Gasteiger partial charge is 0.416 e. The Balaban J connectivity index is 1.79. The van der Waals surface area contributed by atoms with Crippen molar-refractivity contribution < 1.29 is 13.2 Å². The number of rotatable bonds is 3. The van der Waals surface area contributed by atoms with Crippen LogP contribution >= 0.6 is 0 Å². The van der Waals surface area contributed by atoms with Crippen LogP contribution in [0, 0.1) is 0 Å². The summed E-state index contributed by atoms with van der Waals surface area (Å²) >= 11 is 0. The first kappa shape index (κ1) is 13.5. The molecule has 0 radical (unpaired) electrons. The van der Waals surface area contributed by atoms with Crippen molar-refractivity contribution in [1.29, 1.82) is 0 Å². The Bertz CT molecular complexity index is 759. The lowest BCUT2D eigenvalue weighted by Gasteiger charge is -2.10. The first-order valence-electron chi connectivity index (χ1n) is 6.50. The highest BCUT2D eigenvalue weighted by Gasteiger charge is 2.30. The van der Waals surface area contributed by atoms with E-state index in [0.717, 1.165) is 28.6 Å². The minimum Gasteiger partial charge on any atom is -0.381 e. The number of halogens is 3. The molecule has 1 heterocycles. The molecular weight excluding hydrogens is 277 g/mol. The summed E-state index contributed by atoms with van der Waals surface area (Å²) in [5.74, 6) is 0. The van der Waals surface area contributed by atoms with Gasteiger partial charge in [0, 0.05) is 29.3 Å². The van der Waals surface area contributed by atoms with Gasteiger partial charge in [-0.2, -0.15) is 13.2 Å². The maximum absolute atomic E-state index is 12.7. The van der Waals surface area contributed by atoms with Gasteiger partial charge in [0.05, 0.1) is 5.56 Å². The number of nitrogens with one attached hydrogen (secondary N) is 2. The van der Waals surface area contributed by atoms with Gasteiger partial charge in [0.25, 0.3) is 0 Å². The molecule has 0 fully saturated rings. The maximum Gasteiger partial charge on any atom is 0.416 e. The second-order valence-corrected chi connectivity index (χ2v) is 4.79. The molecule has 2 nitrogen and oxygen atoms in total. The van der Waals surface area contributed by atoms with Crippen LogP contribution in [-0.2, 0) is 12.7 Å². The Morgan fingerprint density at radius 2 is 1.81 bits per heavy atom. The van der Waals surface area contributed by atoms with Gasteiger partial charge in [-0.15, -0.1) is 0 Å². The lowest BCUT2D eigenvalue weighted by atomic mass is 10.1. The second kappa shape index (κ2) is 5.16. The van der Waals surface area contributed by atoms with Crippen LogP contribution in [0.5, 0.6) is 0 Å². The van der Waals surface area contributed by atoms with Crippen molar-refractivity contribution >= 4 is 16.6 Å². The van der Waals surface area contributed by atoms with Crippen LogP contribution in [0.4, 0.5) is 18.9 Å². The molecule has 0 saturated heterocycles. The fraction of sp³-hybridized carbons (Fsp3) is 0.125. The van der Waals surface area contributed by atoms with Crippen LogP contribution in [0.25, 0.3) is 10.9 Å². The minimum atomic E-state index is -4.32. The molecule has 3 rings (SSSR count). The average molecular weight is 290 g/mol. The topological polar surface area (TPSA) is 27.8 Å². The Labute approximate surface area is 119 Å². The SMILES string of the molecule is FC(F)(F)c1cccc(NCc2c[nH]c3ccccc23)c1. The highest BCUT2D eigenvalue weighted by molar-refractivity contribution is 5.83. The molecule has 108 valence electrons. The van der Waals surface area contributed by atoms with E-state index in [-0.39, 0.29) is 0 Å². The van der Waals surface area contributed by atoms with Gasteiger partial charge in [-0.3, -0.25) is 0 Å². The first-order chi connectivity index (χ1) is 10.0. The standard InChI is InChI=1S/C16H13F3N2/c17-16(18,19)12-4-3-5-13(8-12)20-9-11-10-21-15-7-2-1-6-14(11)15/h1-8,10,20-21H,9H2. The molecule has 0 aliphatic rings. The van der Waals surface area contributed by atoms with Crippen LogP contribution in [-0.4, -0.2) is 4.98 Å². The van der Waals surface area contributed by atoms with Gasteiger partial charge < -0.3 is 10.3 Å². The van der Waals surface area contributed by atoms with E-state index in [1.807, 2.05) is 30.5 Å². The molecule has 0 bridgehead atoms. The van der Waals surface area contributed by atoms with Crippen molar-refractivity contribution in [2.75, 3.05) is 5.32 Å². The van der Waals surface area contributed by atoms with E-state index < -0.39 is 11.7 Å². The van der Waals surface area contributed by atoms with Gasteiger partial charge in [0.15, 0.2) is 0 Å². The predicted molar refractivity (Wildman–Crippen MR) is 77.1 cm³/mol. The van der Waals surface area contributed by atoms with E-state index in [4.69, 9.17) is 0 Å². The molecule has 0 aliphatic heterocycles. The van der Waals surface area contributed by atoms with Gasteiger partial charge >= 0.3 is 6.18 Å². The number of hydrogen-bond donors (Lipinski definition) is 2. The molecule has 0 spiro atoms. The van der Waals surface area contributed by atoms with E-state index in [1.54, 1.807) is 6.07 Å². The third kappa shape index (κ3) is 2.86. The van der Waals surface area contributed by atoms with Gasteiger partial charge in [-0.25, -0.2) is 0 Å². The number of alkyl halides is 3. The lowest BCUT2D eigenvalue weighted by Crippen LogP contribution is -2.06. The highest BCUT2D eigenvalue weighted by atomic mass is 19.4. The molecule has 0 saturated carbocycles. The summed E-state index contributed by atoms with van der Waals surface area (Å²) in [5.41, 5.74) is 1.84. The molecule has 21 heavy (non-hydrogen) atoms. The number of fused-ring (bicyclic) bond motifs is 1. The van der Waals surface area contributed by atoms with Gasteiger partial charge in [-0.1, -0.05) is 24.3 Å². The number of anilines is 1. The third-order valence-corrected chi connectivity index (χ3v) is 3.35. The second-order valence-electron chi connectivity index (χ2n) is 4.79. The first-order valence-corrected chi connectivity index (χ1v) is 6.50.